The standard InChI is InChI=1S/C17H25NO5/c1-16(2,3)23-15(21)18-13-8-7-12(22-6)9-11(13)10-17(4,5)14(19)20/h7-9H,10H2,1-6H3,(H,18,21)(H,19,20). The highest BCUT2D eigenvalue weighted by Crippen LogP contribution is 2.30. The first-order valence-corrected chi connectivity index (χ1v) is 7.35. The van der Waals surface area contributed by atoms with Crippen molar-refractivity contribution in [1.29, 1.82) is 0 Å². The highest BCUT2D eigenvalue weighted by molar-refractivity contribution is 5.86. The molecule has 0 bridgehead atoms. The topological polar surface area (TPSA) is 84.9 Å². The molecule has 0 aliphatic rings. The van der Waals surface area contributed by atoms with E-state index in [1.165, 1.54) is 7.11 Å². The molecule has 0 saturated heterocycles. The van der Waals surface area contributed by atoms with Gasteiger partial charge in [0.2, 0.25) is 0 Å². The lowest BCUT2D eigenvalue weighted by molar-refractivity contribution is -0.146. The Hall–Kier alpha value is -2.24. The molecular formula is C17H25NO5. The predicted molar refractivity (Wildman–Crippen MR) is 88.0 cm³/mol. The molecule has 0 saturated carbocycles. The first-order valence-electron chi connectivity index (χ1n) is 7.35. The fourth-order valence-corrected chi connectivity index (χ4v) is 1.93. The monoisotopic (exact) mass is 323 g/mol. The second kappa shape index (κ2) is 6.89. The lowest BCUT2D eigenvalue weighted by Crippen LogP contribution is -2.29. The van der Waals surface area contributed by atoms with E-state index >= 15 is 0 Å². The molecule has 0 aromatic heterocycles. The van der Waals surface area contributed by atoms with Gasteiger partial charge < -0.3 is 14.6 Å². The number of amides is 1. The van der Waals surface area contributed by atoms with Gasteiger partial charge in [0, 0.05) is 5.69 Å². The summed E-state index contributed by atoms with van der Waals surface area (Å²) in [5, 5.41) is 12.0. The Bertz CT molecular complexity index is 587. The van der Waals surface area contributed by atoms with Crippen molar-refractivity contribution >= 4 is 17.7 Å². The summed E-state index contributed by atoms with van der Waals surface area (Å²) >= 11 is 0. The van der Waals surface area contributed by atoms with E-state index in [2.05, 4.69) is 5.32 Å². The summed E-state index contributed by atoms with van der Waals surface area (Å²) in [6.07, 6.45) is -0.345. The molecule has 0 unspecified atom stereocenters. The quantitative estimate of drug-likeness (QED) is 0.863. The fraction of sp³-hybridized carbons (Fsp3) is 0.529. The Morgan fingerprint density at radius 2 is 1.78 bits per heavy atom. The van der Waals surface area contributed by atoms with Gasteiger partial charge in [-0.3, -0.25) is 10.1 Å². The highest BCUT2D eigenvalue weighted by atomic mass is 16.6. The Morgan fingerprint density at radius 3 is 2.26 bits per heavy atom. The molecule has 0 aliphatic carbocycles. The van der Waals surface area contributed by atoms with Crippen LogP contribution >= 0.6 is 0 Å². The molecule has 1 aromatic carbocycles. The normalized spacial score (nSPS) is 11.7. The van der Waals surface area contributed by atoms with Crippen LogP contribution in [0.15, 0.2) is 18.2 Å². The summed E-state index contributed by atoms with van der Waals surface area (Å²) in [6.45, 7) is 8.58. The van der Waals surface area contributed by atoms with Crippen molar-refractivity contribution in [2.45, 2.75) is 46.6 Å². The van der Waals surface area contributed by atoms with Gasteiger partial charge in [-0.05, 0) is 64.8 Å². The number of carbonyl (C=O) groups is 2. The van der Waals surface area contributed by atoms with Crippen molar-refractivity contribution in [1.82, 2.24) is 0 Å². The van der Waals surface area contributed by atoms with Gasteiger partial charge in [-0.25, -0.2) is 4.79 Å². The Balaban J connectivity index is 3.07. The molecule has 2 N–H and O–H groups in total. The molecule has 1 aromatic rings. The van der Waals surface area contributed by atoms with Crippen LogP contribution in [0.1, 0.15) is 40.2 Å². The minimum atomic E-state index is -0.975. The average Bonchev–Trinajstić information content (AvgIpc) is 2.38. The third-order valence-electron chi connectivity index (χ3n) is 3.16. The van der Waals surface area contributed by atoms with E-state index in [-0.39, 0.29) is 6.42 Å². The van der Waals surface area contributed by atoms with Crippen LogP contribution in [0.25, 0.3) is 0 Å². The van der Waals surface area contributed by atoms with E-state index in [9.17, 15) is 14.7 Å². The van der Waals surface area contributed by atoms with Gasteiger partial charge in [0.1, 0.15) is 11.4 Å². The molecule has 0 spiro atoms. The lowest BCUT2D eigenvalue weighted by Gasteiger charge is -2.23. The van der Waals surface area contributed by atoms with Crippen LogP contribution in [0.2, 0.25) is 0 Å². The van der Waals surface area contributed by atoms with Crippen LogP contribution < -0.4 is 10.1 Å². The van der Waals surface area contributed by atoms with Crippen molar-refractivity contribution in [2.75, 3.05) is 12.4 Å². The minimum absolute atomic E-state index is 0.241. The number of aliphatic carboxylic acids is 1. The summed E-state index contributed by atoms with van der Waals surface area (Å²) in [7, 11) is 1.53. The van der Waals surface area contributed by atoms with Crippen molar-refractivity contribution < 1.29 is 24.2 Å². The van der Waals surface area contributed by atoms with E-state index in [0.29, 0.717) is 17.0 Å². The SMILES string of the molecule is COc1ccc(NC(=O)OC(C)(C)C)c(CC(C)(C)C(=O)O)c1. The molecule has 0 radical (unpaired) electrons. The van der Waals surface area contributed by atoms with E-state index in [1.54, 1.807) is 52.8 Å². The molecule has 6 heteroatoms. The third-order valence-corrected chi connectivity index (χ3v) is 3.16. The molecule has 0 heterocycles. The van der Waals surface area contributed by atoms with Crippen LogP contribution in [0.4, 0.5) is 10.5 Å². The van der Waals surface area contributed by atoms with Gasteiger partial charge in [0.05, 0.1) is 12.5 Å². The van der Waals surface area contributed by atoms with E-state index in [0.717, 1.165) is 0 Å². The number of methoxy groups -OCH3 is 1. The number of nitrogens with one attached hydrogen (secondary N) is 1. The number of ether oxygens (including phenoxy) is 2. The molecule has 1 amide bonds. The van der Waals surface area contributed by atoms with Crippen molar-refractivity contribution in [3.63, 3.8) is 0 Å². The maximum Gasteiger partial charge on any atom is 0.412 e. The van der Waals surface area contributed by atoms with Gasteiger partial charge in [-0.15, -0.1) is 0 Å². The maximum absolute atomic E-state index is 12.0. The molecule has 23 heavy (non-hydrogen) atoms. The third kappa shape index (κ3) is 5.81. The second-order valence-electron chi connectivity index (χ2n) is 7.02. The number of benzene rings is 1. The summed E-state index contributed by atoms with van der Waals surface area (Å²) in [4.78, 5) is 23.3. The van der Waals surface area contributed by atoms with Gasteiger partial charge in [0.25, 0.3) is 0 Å². The Kier molecular flexibility index (Phi) is 5.64. The smallest absolute Gasteiger partial charge is 0.412 e. The lowest BCUT2D eigenvalue weighted by atomic mass is 9.85. The summed E-state index contributed by atoms with van der Waals surface area (Å²) in [5.74, 6) is -0.320. The molecule has 0 fully saturated rings. The number of carboxylic acid groups (broad SMARTS) is 1. The van der Waals surface area contributed by atoms with Crippen LogP contribution in [0.5, 0.6) is 5.75 Å². The van der Waals surface area contributed by atoms with Gasteiger partial charge >= 0.3 is 12.1 Å². The summed E-state index contributed by atoms with van der Waals surface area (Å²) in [6, 6.07) is 5.09. The number of hydrogen-bond acceptors (Lipinski definition) is 4. The first kappa shape index (κ1) is 18.8. The van der Waals surface area contributed by atoms with Gasteiger partial charge in [-0.1, -0.05) is 0 Å². The van der Waals surface area contributed by atoms with Gasteiger partial charge in [-0.2, -0.15) is 0 Å². The maximum atomic E-state index is 12.0. The Labute approximate surface area is 136 Å². The summed E-state index contributed by atoms with van der Waals surface area (Å²) < 4.78 is 10.4. The fourth-order valence-electron chi connectivity index (χ4n) is 1.93. The number of anilines is 1. The molecule has 6 nitrogen and oxygen atoms in total. The molecule has 1 rings (SSSR count). The van der Waals surface area contributed by atoms with E-state index in [4.69, 9.17) is 9.47 Å². The molecule has 0 aliphatic heterocycles. The van der Waals surface area contributed by atoms with Crippen LogP contribution in [-0.4, -0.2) is 29.9 Å². The zero-order chi connectivity index (χ0) is 17.8. The van der Waals surface area contributed by atoms with Crippen LogP contribution in [-0.2, 0) is 16.0 Å². The number of hydrogen-bond donors (Lipinski definition) is 2. The van der Waals surface area contributed by atoms with Crippen molar-refractivity contribution in [3.05, 3.63) is 23.8 Å². The predicted octanol–water partition coefficient (Wildman–Crippen LogP) is 3.70. The molecule has 128 valence electrons. The molecular weight excluding hydrogens is 298 g/mol. The zero-order valence-electron chi connectivity index (χ0n) is 14.5. The second-order valence-corrected chi connectivity index (χ2v) is 7.02. The summed E-state index contributed by atoms with van der Waals surface area (Å²) in [5.41, 5.74) is -0.412. The largest absolute Gasteiger partial charge is 0.497 e. The number of carboxylic acids is 1. The van der Waals surface area contributed by atoms with Gasteiger partial charge in [0.15, 0.2) is 0 Å². The van der Waals surface area contributed by atoms with Crippen LogP contribution in [0, 0.1) is 5.41 Å². The van der Waals surface area contributed by atoms with E-state index in [1.807, 2.05) is 0 Å². The first-order chi connectivity index (χ1) is 10.4. The number of carbonyl (C=O) groups excluding carboxylic acids is 1. The highest BCUT2D eigenvalue weighted by Gasteiger charge is 2.29. The zero-order valence-corrected chi connectivity index (χ0v) is 14.5. The van der Waals surface area contributed by atoms with Crippen molar-refractivity contribution in [3.8, 4) is 5.75 Å². The van der Waals surface area contributed by atoms with E-state index < -0.39 is 23.1 Å². The van der Waals surface area contributed by atoms with Crippen LogP contribution in [0.3, 0.4) is 0 Å². The molecule has 0 atom stereocenters. The van der Waals surface area contributed by atoms with Crippen molar-refractivity contribution in [2.24, 2.45) is 5.41 Å². The average molecular weight is 323 g/mol. The Morgan fingerprint density at radius 1 is 1.17 bits per heavy atom. The number of rotatable bonds is 5. The minimum Gasteiger partial charge on any atom is -0.497 e.